The zero-order valence-electron chi connectivity index (χ0n) is 15.9. The first kappa shape index (κ1) is 18.8. The predicted octanol–water partition coefficient (Wildman–Crippen LogP) is 2.96. The monoisotopic (exact) mass is 392 g/mol. The van der Waals surface area contributed by atoms with E-state index in [9.17, 15) is 9.18 Å². The summed E-state index contributed by atoms with van der Waals surface area (Å²) in [6.07, 6.45) is 4.42. The van der Waals surface area contributed by atoms with Crippen LogP contribution >= 0.6 is 0 Å². The summed E-state index contributed by atoms with van der Waals surface area (Å²) >= 11 is 0. The van der Waals surface area contributed by atoms with Crippen LogP contribution in [-0.4, -0.2) is 43.6 Å². The zero-order chi connectivity index (χ0) is 20.5. The van der Waals surface area contributed by atoms with Crippen LogP contribution in [0.2, 0.25) is 0 Å². The molecule has 1 aliphatic rings. The fraction of sp³-hybridized carbons (Fsp3) is 0.238. The predicted molar refractivity (Wildman–Crippen MR) is 109 cm³/mol. The molecule has 3 heterocycles. The fourth-order valence-electron chi connectivity index (χ4n) is 3.73. The molecule has 7 nitrogen and oxygen atoms in total. The second-order valence-corrected chi connectivity index (χ2v) is 7.02. The van der Waals surface area contributed by atoms with Gasteiger partial charge in [0.05, 0.1) is 11.4 Å². The fourth-order valence-corrected chi connectivity index (χ4v) is 3.73. The van der Waals surface area contributed by atoms with Crippen molar-refractivity contribution in [1.29, 1.82) is 0 Å². The third-order valence-electron chi connectivity index (χ3n) is 5.23. The quantitative estimate of drug-likeness (QED) is 0.690. The van der Waals surface area contributed by atoms with Crippen molar-refractivity contribution in [3.8, 4) is 0 Å². The van der Waals surface area contributed by atoms with Crippen LogP contribution in [0.25, 0.3) is 16.6 Å². The van der Waals surface area contributed by atoms with Gasteiger partial charge in [0.15, 0.2) is 5.65 Å². The molecule has 1 saturated heterocycles. The van der Waals surface area contributed by atoms with Crippen LogP contribution in [0, 0.1) is 5.82 Å². The van der Waals surface area contributed by atoms with Crippen molar-refractivity contribution in [3.05, 3.63) is 66.9 Å². The lowest BCUT2D eigenvalue weighted by Crippen LogP contribution is -2.40. The Kier molecular flexibility index (Phi) is 4.84. The SMILES string of the molecule is C=CC(=O)N1CCCC(n2nc(C(=C)c3ccc(F)cc3)c3c(N)ncnc32)C1. The van der Waals surface area contributed by atoms with E-state index >= 15 is 0 Å². The summed E-state index contributed by atoms with van der Waals surface area (Å²) in [5.74, 6) is -0.125. The van der Waals surface area contributed by atoms with E-state index in [1.807, 2.05) is 0 Å². The number of benzene rings is 1. The molecular weight excluding hydrogens is 371 g/mol. The molecule has 148 valence electrons. The molecule has 1 amide bonds. The number of nitrogens with zero attached hydrogens (tertiary/aromatic N) is 5. The van der Waals surface area contributed by atoms with Gasteiger partial charge in [-0.25, -0.2) is 19.0 Å². The van der Waals surface area contributed by atoms with Gasteiger partial charge in [0.25, 0.3) is 0 Å². The molecule has 4 rings (SSSR count). The number of likely N-dealkylation sites (tertiary alicyclic amines) is 1. The normalized spacial score (nSPS) is 16.7. The van der Waals surface area contributed by atoms with Gasteiger partial charge in [0.1, 0.15) is 23.7 Å². The molecule has 0 spiro atoms. The van der Waals surface area contributed by atoms with Crippen LogP contribution in [0.4, 0.5) is 10.2 Å². The van der Waals surface area contributed by atoms with Crippen molar-refractivity contribution in [2.75, 3.05) is 18.8 Å². The van der Waals surface area contributed by atoms with Gasteiger partial charge in [-0.15, -0.1) is 0 Å². The Morgan fingerprint density at radius 1 is 1.28 bits per heavy atom. The molecule has 2 N–H and O–H groups in total. The first-order chi connectivity index (χ1) is 14.0. The van der Waals surface area contributed by atoms with Gasteiger partial charge in [-0.3, -0.25) is 4.79 Å². The second kappa shape index (κ2) is 7.46. The molecule has 3 aromatic rings. The number of hydrogen-bond donors (Lipinski definition) is 1. The summed E-state index contributed by atoms with van der Waals surface area (Å²) in [6, 6.07) is 5.99. The largest absolute Gasteiger partial charge is 0.383 e. The number of rotatable bonds is 4. The van der Waals surface area contributed by atoms with Gasteiger partial charge >= 0.3 is 0 Å². The van der Waals surface area contributed by atoms with Crippen molar-refractivity contribution >= 4 is 28.3 Å². The highest BCUT2D eigenvalue weighted by Gasteiger charge is 2.28. The lowest BCUT2D eigenvalue weighted by molar-refractivity contribution is -0.127. The molecule has 2 aromatic heterocycles. The lowest BCUT2D eigenvalue weighted by atomic mass is 10.0. The Bertz CT molecular complexity index is 1100. The van der Waals surface area contributed by atoms with Crippen molar-refractivity contribution in [2.45, 2.75) is 18.9 Å². The number of nitrogens with two attached hydrogens (primary N) is 1. The van der Waals surface area contributed by atoms with E-state index in [1.165, 1.54) is 24.5 Å². The van der Waals surface area contributed by atoms with E-state index in [4.69, 9.17) is 10.8 Å². The average molecular weight is 392 g/mol. The van der Waals surface area contributed by atoms with Gasteiger partial charge in [-0.2, -0.15) is 5.10 Å². The van der Waals surface area contributed by atoms with Crippen molar-refractivity contribution in [1.82, 2.24) is 24.6 Å². The lowest BCUT2D eigenvalue weighted by Gasteiger charge is -2.32. The Labute approximate surface area is 167 Å². The Morgan fingerprint density at radius 2 is 2.03 bits per heavy atom. The number of halogens is 1. The van der Waals surface area contributed by atoms with Crippen LogP contribution in [0.3, 0.4) is 0 Å². The maximum atomic E-state index is 13.3. The summed E-state index contributed by atoms with van der Waals surface area (Å²) in [5, 5.41) is 5.37. The highest BCUT2D eigenvalue weighted by atomic mass is 19.1. The van der Waals surface area contributed by atoms with Crippen molar-refractivity contribution < 1.29 is 9.18 Å². The molecule has 0 aliphatic carbocycles. The molecule has 8 heteroatoms. The Morgan fingerprint density at radius 3 is 2.76 bits per heavy atom. The second-order valence-electron chi connectivity index (χ2n) is 7.02. The Balaban J connectivity index is 1.79. The molecule has 29 heavy (non-hydrogen) atoms. The van der Waals surface area contributed by atoms with Crippen LogP contribution in [0.1, 0.15) is 30.1 Å². The number of carbonyl (C=O) groups is 1. The van der Waals surface area contributed by atoms with E-state index < -0.39 is 0 Å². The number of carbonyl (C=O) groups excluding carboxylic acids is 1. The van der Waals surface area contributed by atoms with Crippen molar-refractivity contribution in [2.24, 2.45) is 0 Å². The number of hydrogen-bond acceptors (Lipinski definition) is 5. The molecule has 1 fully saturated rings. The summed E-state index contributed by atoms with van der Waals surface area (Å²) in [6.45, 7) is 8.91. The molecule has 0 saturated carbocycles. The summed E-state index contributed by atoms with van der Waals surface area (Å²) in [7, 11) is 0. The van der Waals surface area contributed by atoms with Gasteiger partial charge < -0.3 is 10.6 Å². The Hall–Kier alpha value is -3.55. The number of nitrogen functional groups attached to an aromatic ring is 1. The summed E-state index contributed by atoms with van der Waals surface area (Å²) in [4.78, 5) is 22.3. The van der Waals surface area contributed by atoms with E-state index in [-0.39, 0.29) is 17.8 Å². The van der Waals surface area contributed by atoms with Crippen LogP contribution in [-0.2, 0) is 4.79 Å². The van der Waals surface area contributed by atoms with Crippen LogP contribution < -0.4 is 5.73 Å². The van der Waals surface area contributed by atoms with E-state index in [0.717, 1.165) is 18.4 Å². The average Bonchev–Trinajstić information content (AvgIpc) is 3.14. The number of aromatic nitrogens is 4. The molecule has 0 radical (unpaired) electrons. The first-order valence-electron chi connectivity index (χ1n) is 9.35. The van der Waals surface area contributed by atoms with Gasteiger partial charge in [0.2, 0.25) is 5.91 Å². The maximum Gasteiger partial charge on any atom is 0.246 e. The summed E-state index contributed by atoms with van der Waals surface area (Å²) < 4.78 is 15.1. The number of anilines is 1. The van der Waals surface area contributed by atoms with Crippen molar-refractivity contribution in [3.63, 3.8) is 0 Å². The number of piperidine rings is 1. The first-order valence-corrected chi connectivity index (χ1v) is 9.35. The smallest absolute Gasteiger partial charge is 0.246 e. The third-order valence-corrected chi connectivity index (χ3v) is 5.23. The minimum atomic E-state index is -0.325. The third kappa shape index (κ3) is 3.37. The summed E-state index contributed by atoms with van der Waals surface area (Å²) in [5.41, 5.74) is 8.63. The van der Waals surface area contributed by atoms with E-state index in [2.05, 4.69) is 23.1 Å². The topological polar surface area (TPSA) is 89.9 Å². The van der Waals surface area contributed by atoms with Gasteiger partial charge in [0, 0.05) is 18.7 Å². The minimum absolute atomic E-state index is 0.0563. The molecule has 1 unspecified atom stereocenters. The van der Waals surface area contributed by atoms with Gasteiger partial charge in [-0.05, 0) is 36.6 Å². The maximum absolute atomic E-state index is 13.3. The highest BCUT2D eigenvalue weighted by molar-refractivity contribution is 5.98. The molecule has 1 aliphatic heterocycles. The standard InChI is InChI=1S/C21H21FN6O/c1-3-17(29)27-10-4-5-16(11-27)28-21-18(20(23)24-12-25-21)19(26-28)13(2)14-6-8-15(22)9-7-14/h3,6-9,12,16H,1-2,4-5,10-11H2,(H2,23,24,25). The molecule has 1 atom stereocenters. The highest BCUT2D eigenvalue weighted by Crippen LogP contribution is 2.33. The number of fused-ring (bicyclic) bond motifs is 1. The zero-order valence-corrected chi connectivity index (χ0v) is 15.9. The molecular formula is C21H21FN6O. The molecule has 1 aromatic carbocycles. The van der Waals surface area contributed by atoms with Crippen LogP contribution in [0.5, 0.6) is 0 Å². The van der Waals surface area contributed by atoms with Gasteiger partial charge in [-0.1, -0.05) is 25.3 Å². The van der Waals surface area contributed by atoms with Crippen LogP contribution in [0.15, 0.2) is 49.8 Å². The number of amides is 1. The molecule has 0 bridgehead atoms. The van der Waals surface area contributed by atoms with E-state index in [0.29, 0.717) is 41.2 Å². The minimum Gasteiger partial charge on any atom is -0.383 e. The van der Waals surface area contributed by atoms with E-state index in [1.54, 1.807) is 21.7 Å².